The van der Waals surface area contributed by atoms with Gasteiger partial charge in [0, 0.05) is 12.3 Å². The standard InChI is InChI=1S/C20H25NO3S2/c1-3-4-14-24-18-9-11-19(12-10-18)26(22,23)21-13-15-25-20(21)17-7-5-16(2)6-8-17/h5-12,20H,3-4,13-15H2,1-2H3/t20-/m0/s1. The monoisotopic (exact) mass is 391 g/mol. The summed E-state index contributed by atoms with van der Waals surface area (Å²) in [6, 6.07) is 14.9. The van der Waals surface area contributed by atoms with Gasteiger partial charge in [-0.05, 0) is 43.2 Å². The average Bonchev–Trinajstić information content (AvgIpc) is 3.14. The highest BCUT2D eigenvalue weighted by atomic mass is 32.2. The molecule has 6 heteroatoms. The summed E-state index contributed by atoms with van der Waals surface area (Å²) >= 11 is 1.67. The molecule has 2 aromatic rings. The number of benzene rings is 2. The molecule has 0 saturated carbocycles. The van der Waals surface area contributed by atoms with Crippen LogP contribution < -0.4 is 4.74 Å². The zero-order valence-electron chi connectivity index (χ0n) is 15.2. The molecule has 0 N–H and O–H groups in total. The van der Waals surface area contributed by atoms with Crippen LogP contribution in [0.5, 0.6) is 5.75 Å². The highest BCUT2D eigenvalue weighted by molar-refractivity contribution is 8.01. The van der Waals surface area contributed by atoms with Crippen molar-refractivity contribution in [1.82, 2.24) is 4.31 Å². The molecule has 0 aliphatic carbocycles. The van der Waals surface area contributed by atoms with Gasteiger partial charge in [0.05, 0.1) is 16.9 Å². The van der Waals surface area contributed by atoms with Crippen LogP contribution in [-0.4, -0.2) is 31.6 Å². The third kappa shape index (κ3) is 4.24. The molecule has 0 radical (unpaired) electrons. The Bertz CT molecular complexity index is 817. The van der Waals surface area contributed by atoms with Crippen LogP contribution in [0, 0.1) is 6.92 Å². The fraction of sp³-hybridized carbons (Fsp3) is 0.400. The Labute approximate surface area is 160 Å². The highest BCUT2D eigenvalue weighted by Gasteiger charge is 2.36. The van der Waals surface area contributed by atoms with Crippen molar-refractivity contribution in [3.63, 3.8) is 0 Å². The number of rotatable bonds is 7. The van der Waals surface area contributed by atoms with Crippen LogP contribution in [0.15, 0.2) is 53.4 Å². The summed E-state index contributed by atoms with van der Waals surface area (Å²) in [4.78, 5) is 0.319. The van der Waals surface area contributed by atoms with E-state index in [0.29, 0.717) is 23.8 Å². The van der Waals surface area contributed by atoms with Gasteiger partial charge in [-0.15, -0.1) is 11.8 Å². The van der Waals surface area contributed by atoms with Gasteiger partial charge >= 0.3 is 0 Å². The van der Waals surface area contributed by atoms with E-state index in [-0.39, 0.29) is 5.37 Å². The Morgan fingerprint density at radius 2 is 1.81 bits per heavy atom. The fourth-order valence-corrected chi connectivity index (χ4v) is 6.11. The SMILES string of the molecule is CCCCOc1ccc(S(=O)(=O)N2CCS[C@H]2c2ccc(C)cc2)cc1. The van der Waals surface area contributed by atoms with Crippen molar-refractivity contribution < 1.29 is 13.2 Å². The second kappa shape index (κ2) is 8.46. The molecule has 0 bridgehead atoms. The summed E-state index contributed by atoms with van der Waals surface area (Å²) in [6.45, 7) is 5.32. The van der Waals surface area contributed by atoms with Gasteiger partial charge in [-0.1, -0.05) is 43.2 Å². The number of thioether (sulfide) groups is 1. The number of nitrogens with zero attached hydrogens (tertiary/aromatic N) is 1. The molecule has 0 unspecified atom stereocenters. The van der Waals surface area contributed by atoms with Gasteiger partial charge in [-0.2, -0.15) is 4.31 Å². The molecule has 1 atom stereocenters. The molecular formula is C20H25NO3S2. The Balaban J connectivity index is 1.79. The maximum absolute atomic E-state index is 13.1. The van der Waals surface area contributed by atoms with E-state index < -0.39 is 10.0 Å². The number of ether oxygens (including phenoxy) is 1. The summed E-state index contributed by atoms with van der Waals surface area (Å²) < 4.78 is 33.5. The van der Waals surface area contributed by atoms with E-state index in [1.54, 1.807) is 40.3 Å². The van der Waals surface area contributed by atoms with Crippen molar-refractivity contribution in [3.8, 4) is 5.75 Å². The molecule has 0 aromatic heterocycles. The van der Waals surface area contributed by atoms with E-state index in [0.717, 1.165) is 24.2 Å². The molecule has 1 aliphatic rings. The zero-order chi connectivity index (χ0) is 18.6. The Kier molecular flexibility index (Phi) is 6.27. The van der Waals surface area contributed by atoms with E-state index in [2.05, 4.69) is 6.92 Å². The first-order chi connectivity index (χ1) is 12.5. The fourth-order valence-electron chi connectivity index (χ4n) is 2.87. The van der Waals surface area contributed by atoms with Crippen molar-refractivity contribution in [3.05, 3.63) is 59.7 Å². The van der Waals surface area contributed by atoms with Crippen LogP contribution >= 0.6 is 11.8 Å². The number of hydrogen-bond acceptors (Lipinski definition) is 4. The van der Waals surface area contributed by atoms with E-state index in [9.17, 15) is 8.42 Å². The predicted molar refractivity (Wildman–Crippen MR) is 107 cm³/mol. The molecule has 1 saturated heterocycles. The van der Waals surface area contributed by atoms with Crippen LogP contribution in [0.25, 0.3) is 0 Å². The lowest BCUT2D eigenvalue weighted by Gasteiger charge is -2.23. The lowest BCUT2D eigenvalue weighted by atomic mass is 10.1. The number of unbranched alkanes of at least 4 members (excludes halogenated alkanes) is 1. The van der Waals surface area contributed by atoms with Crippen molar-refractivity contribution in [1.29, 1.82) is 0 Å². The molecule has 2 aromatic carbocycles. The zero-order valence-corrected chi connectivity index (χ0v) is 16.9. The second-order valence-corrected chi connectivity index (χ2v) is 9.50. The Hall–Kier alpha value is -1.50. The largest absolute Gasteiger partial charge is 0.494 e. The summed E-state index contributed by atoms with van der Waals surface area (Å²) in [5.41, 5.74) is 2.20. The minimum absolute atomic E-state index is 0.166. The van der Waals surface area contributed by atoms with Gasteiger partial charge in [-0.3, -0.25) is 0 Å². The minimum atomic E-state index is -3.53. The Morgan fingerprint density at radius 3 is 2.46 bits per heavy atom. The topological polar surface area (TPSA) is 46.6 Å². The molecular weight excluding hydrogens is 366 g/mol. The van der Waals surface area contributed by atoms with E-state index in [1.807, 2.05) is 31.2 Å². The maximum Gasteiger partial charge on any atom is 0.244 e. The third-order valence-electron chi connectivity index (χ3n) is 4.41. The lowest BCUT2D eigenvalue weighted by molar-refractivity contribution is 0.309. The molecule has 3 rings (SSSR count). The van der Waals surface area contributed by atoms with Gasteiger partial charge in [0.1, 0.15) is 5.75 Å². The van der Waals surface area contributed by atoms with Gasteiger partial charge < -0.3 is 4.74 Å². The predicted octanol–water partition coefficient (Wildman–Crippen LogP) is 4.61. The Morgan fingerprint density at radius 1 is 1.12 bits per heavy atom. The second-order valence-electron chi connectivity index (χ2n) is 6.42. The molecule has 1 heterocycles. The van der Waals surface area contributed by atoms with Crippen LogP contribution in [0.3, 0.4) is 0 Å². The summed E-state index contributed by atoms with van der Waals surface area (Å²) in [5.74, 6) is 1.51. The van der Waals surface area contributed by atoms with Crippen molar-refractivity contribution >= 4 is 21.8 Å². The van der Waals surface area contributed by atoms with Crippen molar-refractivity contribution in [2.75, 3.05) is 18.9 Å². The normalized spacial score (nSPS) is 18.2. The van der Waals surface area contributed by atoms with E-state index >= 15 is 0 Å². The number of sulfonamides is 1. The van der Waals surface area contributed by atoms with Gasteiger partial charge in [0.15, 0.2) is 0 Å². The van der Waals surface area contributed by atoms with Crippen molar-refractivity contribution in [2.24, 2.45) is 0 Å². The number of hydrogen-bond donors (Lipinski definition) is 0. The van der Waals surface area contributed by atoms with Gasteiger partial charge in [-0.25, -0.2) is 8.42 Å². The first-order valence-electron chi connectivity index (χ1n) is 8.95. The van der Waals surface area contributed by atoms with Crippen LogP contribution in [0.1, 0.15) is 36.3 Å². The van der Waals surface area contributed by atoms with Crippen molar-refractivity contribution in [2.45, 2.75) is 37.0 Å². The van der Waals surface area contributed by atoms with E-state index in [4.69, 9.17) is 4.74 Å². The van der Waals surface area contributed by atoms with Crippen LogP contribution in [-0.2, 0) is 10.0 Å². The molecule has 140 valence electrons. The molecule has 1 fully saturated rings. The lowest BCUT2D eigenvalue weighted by Crippen LogP contribution is -2.30. The first kappa shape index (κ1) is 19.3. The third-order valence-corrected chi connectivity index (χ3v) is 7.68. The number of aryl methyl sites for hydroxylation is 1. The highest BCUT2D eigenvalue weighted by Crippen LogP contribution is 2.41. The quantitative estimate of drug-likeness (QED) is 0.647. The smallest absolute Gasteiger partial charge is 0.244 e. The minimum Gasteiger partial charge on any atom is -0.494 e. The first-order valence-corrected chi connectivity index (χ1v) is 11.4. The molecule has 26 heavy (non-hydrogen) atoms. The van der Waals surface area contributed by atoms with Crippen LogP contribution in [0.2, 0.25) is 0 Å². The summed E-state index contributed by atoms with van der Waals surface area (Å²) in [5, 5.41) is -0.166. The van der Waals surface area contributed by atoms with E-state index in [1.165, 1.54) is 5.56 Å². The molecule has 0 spiro atoms. The molecule has 0 amide bonds. The van der Waals surface area contributed by atoms with Gasteiger partial charge in [0.2, 0.25) is 10.0 Å². The summed E-state index contributed by atoms with van der Waals surface area (Å²) in [6.07, 6.45) is 2.06. The average molecular weight is 392 g/mol. The maximum atomic E-state index is 13.1. The van der Waals surface area contributed by atoms with Crippen LogP contribution in [0.4, 0.5) is 0 Å². The summed E-state index contributed by atoms with van der Waals surface area (Å²) in [7, 11) is -3.53. The molecule has 1 aliphatic heterocycles. The molecule has 4 nitrogen and oxygen atoms in total. The van der Waals surface area contributed by atoms with Gasteiger partial charge in [0.25, 0.3) is 0 Å².